The minimum absolute atomic E-state index is 0.131. The Balaban J connectivity index is 1.89. The van der Waals surface area contributed by atoms with Crippen LogP contribution in [0.4, 0.5) is 0 Å². The Kier molecular flexibility index (Phi) is 5.94. The number of carbonyl (C=O) groups is 1. The second kappa shape index (κ2) is 8.37. The molecule has 0 saturated heterocycles. The Morgan fingerprint density at radius 3 is 2.15 bits per heavy atom. The summed E-state index contributed by atoms with van der Waals surface area (Å²) in [5.41, 5.74) is 3.68. The Morgan fingerprint density at radius 1 is 0.885 bits per heavy atom. The Labute approximate surface area is 162 Å². The molecular weight excluding hydrogens is 392 g/mol. The van der Waals surface area contributed by atoms with E-state index in [4.69, 9.17) is 9.47 Å². The molecule has 0 aliphatic heterocycles. The van der Waals surface area contributed by atoms with Crippen molar-refractivity contribution in [3.8, 4) is 11.5 Å². The number of ketones is 1. The van der Waals surface area contributed by atoms with Crippen molar-refractivity contribution in [2.24, 2.45) is 0 Å². The van der Waals surface area contributed by atoms with E-state index in [1.165, 1.54) is 0 Å². The maximum Gasteiger partial charge on any atom is 0.185 e. The SMILES string of the molecule is COc1ccc(/C=C2\CCC/C(=C\c3cccc(Br)c3)C2=O)cc1OC. The zero-order valence-electron chi connectivity index (χ0n) is 14.9. The quantitative estimate of drug-likeness (QED) is 0.605. The number of hydrogen-bond acceptors (Lipinski definition) is 3. The molecule has 2 aromatic carbocycles. The standard InChI is InChI=1S/C22H21BrO3/c1-25-20-10-9-16(14-21(20)26-2)12-18-7-4-6-17(22(18)24)11-15-5-3-8-19(23)13-15/h3,5,8-14H,4,6-7H2,1-2H3/b17-11+,18-12+. The molecule has 4 heteroatoms. The summed E-state index contributed by atoms with van der Waals surface area (Å²) in [6.07, 6.45) is 6.54. The van der Waals surface area contributed by atoms with E-state index in [-0.39, 0.29) is 5.78 Å². The van der Waals surface area contributed by atoms with Gasteiger partial charge in [0.25, 0.3) is 0 Å². The number of rotatable bonds is 4. The van der Waals surface area contributed by atoms with Crippen LogP contribution >= 0.6 is 15.9 Å². The Hall–Kier alpha value is -2.33. The monoisotopic (exact) mass is 412 g/mol. The molecule has 134 valence electrons. The van der Waals surface area contributed by atoms with Crippen molar-refractivity contribution < 1.29 is 14.3 Å². The second-order valence-electron chi connectivity index (χ2n) is 6.19. The van der Waals surface area contributed by atoms with Gasteiger partial charge in [-0.25, -0.2) is 0 Å². The highest BCUT2D eigenvalue weighted by molar-refractivity contribution is 9.10. The fraction of sp³-hybridized carbons (Fsp3) is 0.227. The molecule has 3 rings (SSSR count). The van der Waals surface area contributed by atoms with E-state index in [9.17, 15) is 4.79 Å². The smallest absolute Gasteiger partial charge is 0.185 e. The number of hydrogen-bond donors (Lipinski definition) is 0. The highest BCUT2D eigenvalue weighted by Gasteiger charge is 2.20. The summed E-state index contributed by atoms with van der Waals surface area (Å²) in [5.74, 6) is 1.47. The van der Waals surface area contributed by atoms with Gasteiger partial charge in [-0.1, -0.05) is 34.1 Å². The summed E-state index contributed by atoms with van der Waals surface area (Å²) >= 11 is 3.48. The van der Waals surface area contributed by atoms with Crippen molar-refractivity contribution in [3.63, 3.8) is 0 Å². The third-order valence-corrected chi connectivity index (χ3v) is 4.91. The van der Waals surface area contributed by atoms with Crippen LogP contribution in [0.3, 0.4) is 0 Å². The van der Waals surface area contributed by atoms with Gasteiger partial charge in [0.05, 0.1) is 14.2 Å². The number of Topliss-reactive ketones (excluding diaryl/α,β-unsaturated/α-hetero) is 1. The number of ether oxygens (including phenoxy) is 2. The van der Waals surface area contributed by atoms with E-state index in [0.29, 0.717) is 11.5 Å². The largest absolute Gasteiger partial charge is 0.493 e. The summed E-state index contributed by atoms with van der Waals surface area (Å²) < 4.78 is 11.6. The molecule has 0 bridgehead atoms. The average molecular weight is 413 g/mol. The first-order valence-electron chi connectivity index (χ1n) is 8.54. The average Bonchev–Trinajstić information content (AvgIpc) is 2.65. The predicted molar refractivity (Wildman–Crippen MR) is 109 cm³/mol. The molecule has 1 saturated carbocycles. The topological polar surface area (TPSA) is 35.5 Å². The van der Waals surface area contributed by atoms with Crippen molar-refractivity contribution >= 4 is 33.9 Å². The molecule has 0 N–H and O–H groups in total. The molecule has 1 aliphatic rings. The van der Waals surface area contributed by atoms with Crippen LogP contribution in [0.1, 0.15) is 30.4 Å². The molecule has 0 radical (unpaired) electrons. The van der Waals surface area contributed by atoms with Gasteiger partial charge in [0.1, 0.15) is 0 Å². The fourth-order valence-electron chi connectivity index (χ4n) is 3.12. The van der Waals surface area contributed by atoms with Gasteiger partial charge in [0.2, 0.25) is 0 Å². The van der Waals surface area contributed by atoms with E-state index in [0.717, 1.165) is 46.0 Å². The van der Waals surface area contributed by atoms with Crippen molar-refractivity contribution in [3.05, 3.63) is 69.2 Å². The molecule has 26 heavy (non-hydrogen) atoms. The molecule has 0 atom stereocenters. The van der Waals surface area contributed by atoms with Gasteiger partial charge >= 0.3 is 0 Å². The van der Waals surface area contributed by atoms with E-state index in [2.05, 4.69) is 15.9 Å². The van der Waals surface area contributed by atoms with Crippen molar-refractivity contribution in [1.82, 2.24) is 0 Å². The third-order valence-electron chi connectivity index (χ3n) is 4.41. The Morgan fingerprint density at radius 2 is 1.54 bits per heavy atom. The molecule has 3 nitrogen and oxygen atoms in total. The number of benzene rings is 2. The highest BCUT2D eigenvalue weighted by atomic mass is 79.9. The van der Waals surface area contributed by atoms with Crippen LogP contribution in [0.2, 0.25) is 0 Å². The van der Waals surface area contributed by atoms with Crippen molar-refractivity contribution in [2.75, 3.05) is 14.2 Å². The maximum atomic E-state index is 12.9. The molecule has 0 amide bonds. The van der Waals surface area contributed by atoms with Gasteiger partial charge < -0.3 is 9.47 Å². The van der Waals surface area contributed by atoms with Crippen LogP contribution in [0.15, 0.2) is 58.1 Å². The number of allylic oxidation sites excluding steroid dienone is 2. The number of carbonyl (C=O) groups excluding carboxylic acids is 1. The van der Waals surface area contributed by atoms with Gasteiger partial charge in [-0.15, -0.1) is 0 Å². The first-order valence-corrected chi connectivity index (χ1v) is 9.33. The number of methoxy groups -OCH3 is 2. The first kappa shape index (κ1) is 18.5. The maximum absolute atomic E-state index is 12.9. The van der Waals surface area contributed by atoms with Crippen LogP contribution in [0.5, 0.6) is 11.5 Å². The van der Waals surface area contributed by atoms with Gasteiger partial charge in [0.15, 0.2) is 17.3 Å². The Bertz CT molecular complexity index is 881. The van der Waals surface area contributed by atoms with E-state index in [1.54, 1.807) is 14.2 Å². The predicted octanol–water partition coefficient (Wildman–Crippen LogP) is 5.69. The minimum Gasteiger partial charge on any atom is -0.493 e. The highest BCUT2D eigenvalue weighted by Crippen LogP contribution is 2.31. The van der Waals surface area contributed by atoms with E-state index in [1.807, 2.05) is 54.6 Å². The summed E-state index contributed by atoms with van der Waals surface area (Å²) in [4.78, 5) is 12.9. The molecule has 0 heterocycles. The minimum atomic E-state index is 0.131. The summed E-state index contributed by atoms with van der Waals surface area (Å²) in [5, 5.41) is 0. The zero-order chi connectivity index (χ0) is 18.5. The van der Waals surface area contributed by atoms with Crippen LogP contribution in [0.25, 0.3) is 12.2 Å². The lowest BCUT2D eigenvalue weighted by Crippen LogP contribution is -2.12. The molecular formula is C22H21BrO3. The van der Waals surface area contributed by atoms with Crippen molar-refractivity contribution in [1.29, 1.82) is 0 Å². The van der Waals surface area contributed by atoms with E-state index < -0.39 is 0 Å². The zero-order valence-corrected chi connectivity index (χ0v) is 16.5. The third kappa shape index (κ3) is 4.25. The molecule has 0 aromatic heterocycles. The molecule has 0 spiro atoms. The van der Waals surface area contributed by atoms with Gasteiger partial charge in [0, 0.05) is 15.6 Å². The van der Waals surface area contributed by atoms with E-state index >= 15 is 0 Å². The summed E-state index contributed by atoms with van der Waals surface area (Å²) in [6, 6.07) is 13.7. The van der Waals surface area contributed by atoms with Crippen LogP contribution < -0.4 is 9.47 Å². The summed E-state index contributed by atoms with van der Waals surface area (Å²) in [6.45, 7) is 0. The van der Waals surface area contributed by atoms with Crippen molar-refractivity contribution in [2.45, 2.75) is 19.3 Å². The van der Waals surface area contributed by atoms with Gasteiger partial charge in [-0.05, 0) is 66.8 Å². The van der Waals surface area contributed by atoms with Gasteiger partial charge in [-0.3, -0.25) is 4.79 Å². The normalized spacial score (nSPS) is 17.6. The lowest BCUT2D eigenvalue weighted by atomic mass is 9.87. The van der Waals surface area contributed by atoms with Crippen LogP contribution in [-0.2, 0) is 4.79 Å². The van der Waals surface area contributed by atoms with Gasteiger partial charge in [-0.2, -0.15) is 0 Å². The number of halogens is 1. The lowest BCUT2D eigenvalue weighted by Gasteiger charge is -2.17. The molecule has 0 unspecified atom stereocenters. The van der Waals surface area contributed by atoms with Crippen LogP contribution in [-0.4, -0.2) is 20.0 Å². The fourth-order valence-corrected chi connectivity index (χ4v) is 3.54. The second-order valence-corrected chi connectivity index (χ2v) is 7.11. The summed E-state index contributed by atoms with van der Waals surface area (Å²) in [7, 11) is 3.22. The molecule has 2 aromatic rings. The first-order chi connectivity index (χ1) is 12.6. The molecule has 1 aliphatic carbocycles. The lowest BCUT2D eigenvalue weighted by molar-refractivity contribution is -0.112. The molecule has 1 fully saturated rings. The van der Waals surface area contributed by atoms with Crippen LogP contribution in [0, 0.1) is 0 Å².